The van der Waals surface area contributed by atoms with Crippen LogP contribution in [0.1, 0.15) is 100 Å². The molecular formula is C34H56N6O8. The number of fused-ring (bicyclic) bond motifs is 1. The molecule has 2 aliphatic carbocycles. The molecule has 0 aromatic heterocycles. The number of nitrogens with zero attached hydrogens (tertiary/aromatic N) is 1. The molecule has 1 saturated heterocycles. The maximum atomic E-state index is 14.5. The monoisotopic (exact) mass is 676 g/mol. The summed E-state index contributed by atoms with van der Waals surface area (Å²) in [4.78, 5) is 94.2. The van der Waals surface area contributed by atoms with Gasteiger partial charge in [0.05, 0.1) is 13.2 Å². The van der Waals surface area contributed by atoms with Crippen LogP contribution in [0, 0.1) is 22.7 Å². The zero-order valence-electron chi connectivity index (χ0n) is 30.0. The zero-order valence-corrected chi connectivity index (χ0v) is 30.0. The fraction of sp³-hybridized carbons (Fsp3) is 0.794. The van der Waals surface area contributed by atoms with Crippen molar-refractivity contribution >= 4 is 41.4 Å². The van der Waals surface area contributed by atoms with Crippen LogP contribution in [-0.4, -0.2) is 96.2 Å². The highest BCUT2D eigenvalue weighted by Gasteiger charge is 2.52. The summed E-state index contributed by atoms with van der Waals surface area (Å²) in [6.07, 6.45) is 4.20. The number of rotatable bonds is 13. The van der Waals surface area contributed by atoms with Crippen LogP contribution in [0.25, 0.3) is 0 Å². The lowest BCUT2D eigenvalue weighted by molar-refractivity contribution is -0.146. The summed E-state index contributed by atoms with van der Waals surface area (Å²) >= 11 is 0. The summed E-state index contributed by atoms with van der Waals surface area (Å²) in [6, 6.07) is -5.02. The molecular weight excluding hydrogens is 620 g/mol. The van der Waals surface area contributed by atoms with Crippen LogP contribution >= 0.6 is 0 Å². The molecule has 6 amide bonds. The molecule has 1 aliphatic heterocycles. The Bertz CT molecular complexity index is 1250. The molecule has 0 radical (unpaired) electrons. The van der Waals surface area contributed by atoms with Gasteiger partial charge in [0, 0.05) is 12.6 Å². The van der Waals surface area contributed by atoms with Crippen LogP contribution in [0.15, 0.2) is 0 Å². The summed E-state index contributed by atoms with van der Waals surface area (Å²) in [7, 11) is 1.17. The van der Waals surface area contributed by atoms with E-state index in [1.54, 1.807) is 20.8 Å². The average Bonchev–Trinajstić information content (AvgIpc) is 3.56. The highest BCUT2D eigenvalue weighted by Crippen LogP contribution is 2.43. The summed E-state index contributed by atoms with van der Waals surface area (Å²) in [5.41, 5.74) is -1.57. The molecule has 7 atom stereocenters. The van der Waals surface area contributed by atoms with E-state index in [1.165, 1.54) is 18.9 Å². The Morgan fingerprint density at radius 1 is 0.812 bits per heavy atom. The van der Waals surface area contributed by atoms with Gasteiger partial charge in [-0.1, -0.05) is 61.3 Å². The van der Waals surface area contributed by atoms with Gasteiger partial charge in [-0.25, -0.2) is 4.79 Å². The first-order chi connectivity index (χ1) is 22.3. The summed E-state index contributed by atoms with van der Waals surface area (Å²) in [6.45, 7) is 14.4. The molecule has 14 nitrogen and oxygen atoms in total. The number of methoxy groups -OCH3 is 1. The molecule has 270 valence electrons. The van der Waals surface area contributed by atoms with Gasteiger partial charge in [-0.05, 0) is 61.7 Å². The van der Waals surface area contributed by atoms with Gasteiger partial charge in [0.2, 0.25) is 29.4 Å². The largest absolute Gasteiger partial charge is 0.453 e. The second-order valence-corrected chi connectivity index (χ2v) is 15.7. The molecule has 0 unspecified atom stereocenters. The standard InChI is InChI=1S/C34H56N6O8/c1-10-12-22(24(41)29(44)36-20-15-16-20)37-28(43)23-21-14-11-13-19(21)17-40(23)31(46)26(34(6,7)8)39-30(45)25(33(3,4)5)38-27(42)18(2)35-32(47)48-9/h18-23,25-26H,10-17H2,1-9H3,(H,35,47)(H,36,44)(H,37,43)(H,38,42)(H,39,45)/t18-,19+,21+,22+,23+,25-,26-/m1/s1. The van der Waals surface area contributed by atoms with Crippen LogP contribution < -0.4 is 26.6 Å². The van der Waals surface area contributed by atoms with Gasteiger partial charge in [-0.15, -0.1) is 0 Å². The molecule has 1 heterocycles. The third kappa shape index (κ3) is 9.68. The van der Waals surface area contributed by atoms with Crippen LogP contribution in [0.2, 0.25) is 0 Å². The van der Waals surface area contributed by atoms with E-state index in [0.717, 1.165) is 32.1 Å². The second-order valence-electron chi connectivity index (χ2n) is 15.7. The predicted molar refractivity (Wildman–Crippen MR) is 177 cm³/mol. The van der Waals surface area contributed by atoms with Gasteiger partial charge in [-0.3, -0.25) is 28.8 Å². The van der Waals surface area contributed by atoms with Crippen LogP contribution in [-0.2, 0) is 33.5 Å². The number of alkyl carbamates (subject to hydrolysis) is 1. The number of hydrogen-bond acceptors (Lipinski definition) is 8. The Balaban J connectivity index is 1.84. The number of ketones is 1. The molecule has 0 aromatic rings. The first kappa shape index (κ1) is 38.7. The van der Waals surface area contributed by atoms with Crippen molar-refractivity contribution in [3.05, 3.63) is 0 Å². The highest BCUT2D eigenvalue weighted by molar-refractivity contribution is 6.38. The molecule has 0 aromatic carbocycles. The lowest BCUT2D eigenvalue weighted by Crippen LogP contribution is -2.63. The van der Waals surface area contributed by atoms with Crippen molar-refractivity contribution in [1.82, 2.24) is 31.5 Å². The Labute approximate surface area is 284 Å². The average molecular weight is 677 g/mol. The number of Topliss-reactive ketones (excluding diaryl/α,β-unsaturated/α-hetero) is 1. The lowest BCUT2D eigenvalue weighted by atomic mass is 9.82. The van der Waals surface area contributed by atoms with Crippen molar-refractivity contribution in [2.75, 3.05) is 13.7 Å². The predicted octanol–water partition coefficient (Wildman–Crippen LogP) is 1.55. The van der Waals surface area contributed by atoms with Gasteiger partial charge in [0.1, 0.15) is 24.2 Å². The van der Waals surface area contributed by atoms with Crippen molar-refractivity contribution < 1.29 is 38.3 Å². The van der Waals surface area contributed by atoms with Crippen LogP contribution in [0.3, 0.4) is 0 Å². The minimum atomic E-state index is -1.08. The summed E-state index contributed by atoms with van der Waals surface area (Å²) < 4.78 is 4.57. The van der Waals surface area contributed by atoms with Crippen LogP contribution in [0.4, 0.5) is 4.79 Å². The highest BCUT2D eigenvalue weighted by atomic mass is 16.5. The van der Waals surface area contributed by atoms with E-state index in [1.807, 2.05) is 27.7 Å². The Morgan fingerprint density at radius 3 is 1.96 bits per heavy atom. The minimum Gasteiger partial charge on any atom is -0.453 e. The van der Waals surface area contributed by atoms with E-state index in [2.05, 4.69) is 31.3 Å². The van der Waals surface area contributed by atoms with Gasteiger partial charge in [0.25, 0.3) is 5.91 Å². The fourth-order valence-electron chi connectivity index (χ4n) is 6.61. The molecule has 3 aliphatic rings. The van der Waals surface area contributed by atoms with Crippen molar-refractivity contribution in [3.8, 4) is 0 Å². The van der Waals surface area contributed by atoms with E-state index < -0.39 is 82.5 Å². The van der Waals surface area contributed by atoms with E-state index in [0.29, 0.717) is 13.0 Å². The zero-order chi connectivity index (χ0) is 36.1. The summed E-state index contributed by atoms with van der Waals surface area (Å²) in [5, 5.41) is 13.5. The smallest absolute Gasteiger partial charge is 0.407 e. The quantitative estimate of drug-likeness (QED) is 0.182. The third-order valence-electron chi connectivity index (χ3n) is 9.52. The number of hydrogen-bond donors (Lipinski definition) is 5. The number of amides is 6. The molecule has 14 heteroatoms. The number of carbonyl (C=O) groups is 7. The van der Waals surface area contributed by atoms with E-state index in [4.69, 9.17) is 0 Å². The molecule has 5 N–H and O–H groups in total. The molecule has 3 rings (SSSR count). The molecule has 48 heavy (non-hydrogen) atoms. The van der Waals surface area contributed by atoms with Crippen molar-refractivity contribution in [1.29, 1.82) is 0 Å². The molecule has 0 bridgehead atoms. The van der Waals surface area contributed by atoms with Crippen molar-refractivity contribution in [3.63, 3.8) is 0 Å². The topological polar surface area (TPSA) is 192 Å². The normalized spacial score (nSPS) is 23.1. The maximum Gasteiger partial charge on any atom is 0.407 e. The fourth-order valence-corrected chi connectivity index (χ4v) is 6.61. The maximum absolute atomic E-state index is 14.5. The number of ether oxygens (including phenoxy) is 1. The number of likely N-dealkylation sites (tertiary alicyclic amines) is 1. The first-order valence-corrected chi connectivity index (χ1v) is 17.2. The van der Waals surface area contributed by atoms with E-state index in [-0.39, 0.29) is 24.3 Å². The molecule has 0 spiro atoms. The van der Waals surface area contributed by atoms with E-state index in [9.17, 15) is 33.6 Å². The van der Waals surface area contributed by atoms with Gasteiger partial charge >= 0.3 is 6.09 Å². The molecule has 2 saturated carbocycles. The minimum absolute atomic E-state index is 0.00251. The third-order valence-corrected chi connectivity index (χ3v) is 9.52. The lowest BCUT2D eigenvalue weighted by Gasteiger charge is -2.38. The Hall–Kier alpha value is -3.71. The van der Waals surface area contributed by atoms with Gasteiger partial charge < -0.3 is 36.2 Å². The second kappa shape index (κ2) is 15.7. The number of nitrogens with one attached hydrogen (secondary N) is 5. The Morgan fingerprint density at radius 2 is 1.42 bits per heavy atom. The van der Waals surface area contributed by atoms with Crippen molar-refractivity contribution in [2.45, 2.75) is 137 Å². The summed E-state index contributed by atoms with van der Waals surface area (Å²) in [5.74, 6) is -3.55. The Kier molecular flexibility index (Phi) is 12.6. The van der Waals surface area contributed by atoms with Gasteiger partial charge in [-0.2, -0.15) is 0 Å². The van der Waals surface area contributed by atoms with Crippen molar-refractivity contribution in [2.24, 2.45) is 22.7 Å². The van der Waals surface area contributed by atoms with Crippen LogP contribution in [0.5, 0.6) is 0 Å². The first-order valence-electron chi connectivity index (χ1n) is 17.2. The SMILES string of the molecule is CCC[C@H](NC(=O)[C@@H]1[C@H]2CCC[C@H]2CN1C(=O)[C@@H](NC(=O)[C@@H](NC(=O)[C@@H](C)NC(=O)OC)C(C)(C)C)C(C)(C)C)C(=O)C(=O)NC1CC1. The molecule has 3 fully saturated rings. The van der Waals surface area contributed by atoms with E-state index >= 15 is 0 Å². The number of carbonyl (C=O) groups excluding carboxylic acids is 7. The van der Waals surface area contributed by atoms with Gasteiger partial charge in [0.15, 0.2) is 0 Å².